The highest BCUT2D eigenvalue weighted by molar-refractivity contribution is 9.10. The number of aryl methyl sites for hydroxylation is 2. The van der Waals surface area contributed by atoms with E-state index in [4.69, 9.17) is 0 Å². The number of nitro groups is 1. The zero-order valence-electron chi connectivity index (χ0n) is 8.78. The molecule has 0 atom stereocenters. The van der Waals surface area contributed by atoms with Crippen molar-refractivity contribution in [2.75, 3.05) is 0 Å². The summed E-state index contributed by atoms with van der Waals surface area (Å²) in [5.41, 5.74) is 1.15. The molecule has 17 heavy (non-hydrogen) atoms. The molecule has 0 saturated heterocycles. The van der Waals surface area contributed by atoms with Crippen molar-refractivity contribution in [2.45, 2.75) is 13.0 Å². The minimum absolute atomic E-state index is 0.375. The lowest BCUT2D eigenvalue weighted by Crippen LogP contribution is -2.04. The van der Waals surface area contributed by atoms with E-state index in [0.717, 1.165) is 12.0 Å². The molecule has 1 heterocycles. The minimum Gasteiger partial charge on any atom is -0.390 e. The van der Waals surface area contributed by atoms with E-state index >= 15 is 0 Å². The Morgan fingerprint density at radius 2 is 2.06 bits per heavy atom. The van der Waals surface area contributed by atoms with Gasteiger partial charge in [0.05, 0.1) is 6.54 Å². The summed E-state index contributed by atoms with van der Waals surface area (Å²) in [6.07, 6.45) is 0.750. The Labute approximate surface area is 106 Å². The summed E-state index contributed by atoms with van der Waals surface area (Å²) in [5.74, 6) is -0.384. The highest BCUT2D eigenvalue weighted by atomic mass is 79.9. The molecule has 0 spiro atoms. The summed E-state index contributed by atoms with van der Waals surface area (Å²) in [7, 11) is 0. The van der Waals surface area contributed by atoms with E-state index < -0.39 is 4.92 Å². The first-order valence-corrected chi connectivity index (χ1v) is 5.75. The summed E-state index contributed by atoms with van der Waals surface area (Å²) in [6.45, 7) is 0.547. The van der Waals surface area contributed by atoms with Crippen molar-refractivity contribution in [1.82, 2.24) is 14.8 Å². The van der Waals surface area contributed by atoms with Gasteiger partial charge in [0.15, 0.2) is 0 Å². The summed E-state index contributed by atoms with van der Waals surface area (Å²) < 4.78 is 1.85. The van der Waals surface area contributed by atoms with E-state index in [-0.39, 0.29) is 5.95 Å². The van der Waals surface area contributed by atoms with Crippen LogP contribution in [0.25, 0.3) is 0 Å². The molecule has 88 valence electrons. The quantitative estimate of drug-likeness (QED) is 0.640. The van der Waals surface area contributed by atoms with Gasteiger partial charge in [-0.15, -0.1) is 0 Å². The number of benzene rings is 1. The first kappa shape index (κ1) is 11.7. The molecular formula is C10H9BrN4O2. The molecule has 0 saturated carbocycles. The molecule has 0 N–H and O–H groups in total. The van der Waals surface area contributed by atoms with Crippen LogP contribution in [0.5, 0.6) is 0 Å². The van der Waals surface area contributed by atoms with E-state index in [1.165, 1.54) is 4.68 Å². The minimum atomic E-state index is -0.607. The Hall–Kier alpha value is -1.76. The number of hydrogen-bond donors (Lipinski definition) is 0. The van der Waals surface area contributed by atoms with Crippen LogP contribution in [0.1, 0.15) is 5.56 Å². The van der Waals surface area contributed by atoms with Gasteiger partial charge in [0.25, 0.3) is 4.73 Å². The number of halogens is 1. The van der Waals surface area contributed by atoms with Crippen molar-refractivity contribution in [3.63, 3.8) is 0 Å². The number of rotatable bonds is 4. The second-order valence-corrected chi connectivity index (χ2v) is 4.11. The molecule has 1 aromatic carbocycles. The van der Waals surface area contributed by atoms with E-state index in [1.807, 2.05) is 30.3 Å². The maximum absolute atomic E-state index is 10.5. The van der Waals surface area contributed by atoms with Crippen molar-refractivity contribution >= 4 is 21.9 Å². The summed E-state index contributed by atoms with van der Waals surface area (Å²) in [6, 6.07) is 9.85. The normalized spacial score (nSPS) is 10.4. The molecule has 0 fully saturated rings. The van der Waals surface area contributed by atoms with Gasteiger partial charge < -0.3 is 10.1 Å². The fraction of sp³-hybridized carbons (Fsp3) is 0.200. The zero-order valence-corrected chi connectivity index (χ0v) is 10.4. The Kier molecular flexibility index (Phi) is 3.48. The average molecular weight is 297 g/mol. The third-order valence-corrected chi connectivity index (χ3v) is 2.82. The lowest BCUT2D eigenvalue weighted by atomic mass is 10.2. The highest BCUT2D eigenvalue weighted by Crippen LogP contribution is 2.13. The molecule has 0 aliphatic carbocycles. The van der Waals surface area contributed by atoms with Crippen LogP contribution in [-0.4, -0.2) is 19.7 Å². The fourth-order valence-corrected chi connectivity index (χ4v) is 1.83. The second kappa shape index (κ2) is 5.05. The van der Waals surface area contributed by atoms with E-state index in [0.29, 0.717) is 11.3 Å². The number of nitrogens with zero attached hydrogens (tertiary/aromatic N) is 4. The van der Waals surface area contributed by atoms with E-state index in [2.05, 4.69) is 26.0 Å². The SMILES string of the molecule is O=[N+]([O-])c1nc(Br)n(CCc2ccccc2)n1. The van der Waals surface area contributed by atoms with Gasteiger partial charge in [-0.25, -0.2) is 0 Å². The van der Waals surface area contributed by atoms with Crippen LogP contribution < -0.4 is 0 Å². The van der Waals surface area contributed by atoms with Crippen molar-refractivity contribution in [2.24, 2.45) is 0 Å². The van der Waals surface area contributed by atoms with Gasteiger partial charge in [-0.05, 0) is 21.9 Å². The van der Waals surface area contributed by atoms with Crippen molar-refractivity contribution in [3.8, 4) is 0 Å². The Morgan fingerprint density at radius 3 is 2.65 bits per heavy atom. The van der Waals surface area contributed by atoms with Gasteiger partial charge in [-0.3, -0.25) is 0 Å². The lowest BCUT2D eigenvalue weighted by Gasteiger charge is -1.98. The molecule has 1 aromatic heterocycles. The van der Waals surface area contributed by atoms with Crippen molar-refractivity contribution in [1.29, 1.82) is 0 Å². The molecule has 0 aliphatic heterocycles. The smallest absolute Gasteiger partial charge is 0.390 e. The second-order valence-electron chi connectivity index (χ2n) is 3.40. The van der Waals surface area contributed by atoms with Crippen molar-refractivity contribution in [3.05, 3.63) is 50.7 Å². The Morgan fingerprint density at radius 1 is 1.35 bits per heavy atom. The van der Waals surface area contributed by atoms with Crippen molar-refractivity contribution < 1.29 is 4.92 Å². The van der Waals surface area contributed by atoms with Gasteiger partial charge in [0.2, 0.25) is 0 Å². The van der Waals surface area contributed by atoms with Crippen LogP contribution in [0.15, 0.2) is 35.1 Å². The first-order chi connectivity index (χ1) is 8.16. The van der Waals surface area contributed by atoms with Gasteiger partial charge >= 0.3 is 5.95 Å². The molecular weight excluding hydrogens is 288 g/mol. The molecule has 0 bridgehead atoms. The van der Waals surface area contributed by atoms with Gasteiger partial charge in [0, 0.05) is 21.0 Å². The predicted octanol–water partition coefficient (Wildman–Crippen LogP) is 2.19. The number of hydrogen-bond acceptors (Lipinski definition) is 4. The molecule has 0 amide bonds. The molecule has 0 radical (unpaired) electrons. The summed E-state index contributed by atoms with van der Waals surface area (Å²) in [5, 5.41) is 14.3. The largest absolute Gasteiger partial charge is 0.492 e. The average Bonchev–Trinajstić information content (AvgIpc) is 2.70. The molecule has 0 unspecified atom stereocenters. The number of aromatic nitrogens is 3. The first-order valence-electron chi connectivity index (χ1n) is 4.95. The predicted molar refractivity (Wildman–Crippen MR) is 64.5 cm³/mol. The van der Waals surface area contributed by atoms with Crippen LogP contribution in [0.4, 0.5) is 5.95 Å². The molecule has 2 aromatic rings. The van der Waals surface area contributed by atoms with Gasteiger partial charge in [-0.1, -0.05) is 30.3 Å². The fourth-order valence-electron chi connectivity index (χ4n) is 1.41. The van der Waals surface area contributed by atoms with Crippen LogP contribution in [0, 0.1) is 10.1 Å². The Bertz CT molecular complexity index is 526. The molecule has 0 aliphatic rings. The van der Waals surface area contributed by atoms with Crippen LogP contribution >= 0.6 is 15.9 Å². The van der Waals surface area contributed by atoms with Gasteiger partial charge in [0.1, 0.15) is 0 Å². The molecule has 7 heteroatoms. The third-order valence-electron chi connectivity index (χ3n) is 2.23. The van der Waals surface area contributed by atoms with Gasteiger partial charge in [-0.2, -0.15) is 4.68 Å². The Balaban J connectivity index is 2.07. The van der Waals surface area contributed by atoms with Crippen LogP contribution in [0.3, 0.4) is 0 Å². The maximum atomic E-state index is 10.5. The highest BCUT2D eigenvalue weighted by Gasteiger charge is 2.18. The topological polar surface area (TPSA) is 73.8 Å². The summed E-state index contributed by atoms with van der Waals surface area (Å²) >= 11 is 3.14. The molecule has 2 rings (SSSR count). The molecule has 6 nitrogen and oxygen atoms in total. The van der Waals surface area contributed by atoms with Crippen LogP contribution in [-0.2, 0) is 13.0 Å². The standard InChI is InChI=1S/C10H9BrN4O2/c11-9-12-10(15(16)17)13-14(9)7-6-8-4-2-1-3-5-8/h1-5H,6-7H2. The lowest BCUT2D eigenvalue weighted by molar-refractivity contribution is -0.394. The van der Waals surface area contributed by atoms with Crippen LogP contribution in [0.2, 0.25) is 0 Å². The monoisotopic (exact) mass is 296 g/mol. The zero-order chi connectivity index (χ0) is 12.3. The third kappa shape index (κ3) is 2.88. The summed E-state index contributed by atoms with van der Waals surface area (Å²) in [4.78, 5) is 13.6. The van der Waals surface area contributed by atoms with E-state index in [9.17, 15) is 10.1 Å². The maximum Gasteiger partial charge on any atom is 0.492 e. The van der Waals surface area contributed by atoms with E-state index in [1.54, 1.807) is 0 Å².